The van der Waals surface area contributed by atoms with Crippen molar-refractivity contribution in [2.75, 3.05) is 7.11 Å². The van der Waals surface area contributed by atoms with Crippen LogP contribution in [0.25, 0.3) is 0 Å². The molecule has 0 aromatic rings. The summed E-state index contributed by atoms with van der Waals surface area (Å²) in [7, 11) is 1.44. The first kappa shape index (κ1) is 11.1. The number of hydrogen-bond acceptors (Lipinski definition) is 2. The van der Waals surface area contributed by atoms with Crippen molar-refractivity contribution in [1.29, 1.82) is 0 Å². The first-order valence-corrected chi connectivity index (χ1v) is 5.18. The van der Waals surface area contributed by atoms with Gasteiger partial charge in [-0.1, -0.05) is 6.08 Å². The minimum Gasteiger partial charge on any atom is -0.453 e. The summed E-state index contributed by atoms with van der Waals surface area (Å²) < 4.78 is 4.79. The predicted octanol–water partition coefficient (Wildman–Crippen LogP) is 2.57. The highest BCUT2D eigenvalue weighted by atomic mass is 16.5. The Labute approximate surface area is 85.7 Å². The maximum atomic E-state index is 11.5. The molecular weight excluding hydrogens is 178 g/mol. The van der Waals surface area contributed by atoms with Crippen molar-refractivity contribution in [3.05, 3.63) is 12.7 Å². The average Bonchev–Trinajstić information content (AvgIpc) is 2.18. The van der Waals surface area contributed by atoms with Crippen LogP contribution < -0.4 is 0 Å². The van der Waals surface area contributed by atoms with E-state index in [9.17, 15) is 4.79 Å². The molecule has 0 spiro atoms. The molecule has 14 heavy (non-hydrogen) atoms. The van der Waals surface area contributed by atoms with Crippen LogP contribution in [0, 0.1) is 0 Å². The van der Waals surface area contributed by atoms with E-state index in [0.717, 1.165) is 19.3 Å². The maximum absolute atomic E-state index is 11.5. The lowest BCUT2D eigenvalue weighted by Gasteiger charge is -2.39. The molecule has 1 heterocycles. The Morgan fingerprint density at radius 1 is 1.64 bits per heavy atom. The van der Waals surface area contributed by atoms with Gasteiger partial charge in [0.25, 0.3) is 0 Å². The van der Waals surface area contributed by atoms with Gasteiger partial charge in [0, 0.05) is 12.1 Å². The maximum Gasteiger partial charge on any atom is 0.409 e. The van der Waals surface area contributed by atoms with E-state index in [2.05, 4.69) is 13.5 Å². The molecule has 0 aliphatic carbocycles. The number of likely N-dealkylation sites (tertiary alicyclic amines) is 1. The van der Waals surface area contributed by atoms with E-state index in [0.29, 0.717) is 6.04 Å². The number of carbonyl (C=O) groups is 1. The van der Waals surface area contributed by atoms with E-state index < -0.39 is 0 Å². The summed E-state index contributed by atoms with van der Waals surface area (Å²) in [5.74, 6) is 0. The molecule has 0 saturated carbocycles. The molecule has 3 nitrogen and oxygen atoms in total. The summed E-state index contributed by atoms with van der Waals surface area (Å²) in [6.07, 6.45) is 5.85. The molecule has 1 aliphatic rings. The minimum absolute atomic E-state index is 0.205. The van der Waals surface area contributed by atoms with Crippen LogP contribution in [-0.2, 0) is 4.74 Å². The number of rotatable bonds is 2. The second kappa shape index (κ2) is 5.03. The van der Waals surface area contributed by atoms with E-state index >= 15 is 0 Å². The van der Waals surface area contributed by atoms with Crippen molar-refractivity contribution in [2.45, 2.75) is 44.7 Å². The monoisotopic (exact) mass is 197 g/mol. The molecule has 1 rings (SSSR count). The topological polar surface area (TPSA) is 29.5 Å². The van der Waals surface area contributed by atoms with Gasteiger partial charge in [-0.3, -0.25) is 0 Å². The number of carbonyl (C=O) groups excluding carboxylic acids is 1. The average molecular weight is 197 g/mol. The van der Waals surface area contributed by atoms with Gasteiger partial charge in [0.2, 0.25) is 0 Å². The molecule has 0 radical (unpaired) electrons. The molecule has 1 amide bonds. The summed E-state index contributed by atoms with van der Waals surface area (Å²) in [4.78, 5) is 13.4. The van der Waals surface area contributed by atoms with Crippen molar-refractivity contribution in [2.24, 2.45) is 0 Å². The fraction of sp³-hybridized carbons (Fsp3) is 0.727. The number of methoxy groups -OCH3 is 1. The molecule has 0 N–H and O–H groups in total. The Hall–Kier alpha value is -0.990. The van der Waals surface area contributed by atoms with E-state index in [1.54, 1.807) is 0 Å². The van der Waals surface area contributed by atoms with Gasteiger partial charge < -0.3 is 9.64 Å². The van der Waals surface area contributed by atoms with Crippen molar-refractivity contribution < 1.29 is 9.53 Å². The SMILES string of the molecule is C=CC[C@H]1CCC[C@@H](C)N1C(=O)OC. The van der Waals surface area contributed by atoms with Crippen LogP contribution in [0.1, 0.15) is 32.6 Å². The molecule has 3 heteroatoms. The summed E-state index contributed by atoms with van der Waals surface area (Å²) in [5, 5.41) is 0. The fourth-order valence-corrected chi connectivity index (χ4v) is 2.15. The minimum atomic E-state index is -0.205. The quantitative estimate of drug-likeness (QED) is 0.637. The van der Waals surface area contributed by atoms with Crippen molar-refractivity contribution in [3.8, 4) is 0 Å². The largest absolute Gasteiger partial charge is 0.453 e. The lowest BCUT2D eigenvalue weighted by atomic mass is 9.95. The zero-order valence-corrected chi connectivity index (χ0v) is 9.03. The summed E-state index contributed by atoms with van der Waals surface area (Å²) in [6, 6.07) is 0.574. The molecule has 0 aromatic heterocycles. The number of ether oxygens (including phenoxy) is 1. The van der Waals surface area contributed by atoms with Gasteiger partial charge >= 0.3 is 6.09 Å². The van der Waals surface area contributed by atoms with Crippen LogP contribution in [0.4, 0.5) is 4.79 Å². The first-order valence-electron chi connectivity index (χ1n) is 5.18. The highest BCUT2D eigenvalue weighted by molar-refractivity contribution is 5.68. The molecule has 2 atom stereocenters. The van der Waals surface area contributed by atoms with E-state index in [1.165, 1.54) is 13.5 Å². The van der Waals surface area contributed by atoms with Crippen LogP contribution >= 0.6 is 0 Å². The smallest absolute Gasteiger partial charge is 0.409 e. The molecule has 80 valence electrons. The Morgan fingerprint density at radius 2 is 2.36 bits per heavy atom. The second-order valence-electron chi connectivity index (χ2n) is 3.84. The van der Waals surface area contributed by atoms with Crippen molar-refractivity contribution >= 4 is 6.09 Å². The third kappa shape index (κ3) is 2.28. The van der Waals surface area contributed by atoms with Crippen molar-refractivity contribution in [1.82, 2.24) is 4.90 Å². The highest BCUT2D eigenvalue weighted by Gasteiger charge is 2.31. The fourth-order valence-electron chi connectivity index (χ4n) is 2.15. The molecule has 0 bridgehead atoms. The van der Waals surface area contributed by atoms with Crippen molar-refractivity contribution in [3.63, 3.8) is 0 Å². The van der Waals surface area contributed by atoms with E-state index in [-0.39, 0.29) is 12.1 Å². The lowest BCUT2D eigenvalue weighted by molar-refractivity contribution is 0.0647. The van der Waals surface area contributed by atoms with Gasteiger partial charge in [-0.15, -0.1) is 6.58 Å². The zero-order valence-electron chi connectivity index (χ0n) is 9.03. The number of nitrogens with zero attached hydrogens (tertiary/aromatic N) is 1. The van der Waals surface area contributed by atoms with E-state index in [1.807, 2.05) is 11.0 Å². The number of hydrogen-bond donors (Lipinski definition) is 0. The van der Waals surface area contributed by atoms with Crippen LogP contribution in [0.2, 0.25) is 0 Å². The lowest BCUT2D eigenvalue weighted by Crippen LogP contribution is -2.48. The predicted molar refractivity (Wildman–Crippen MR) is 56.2 cm³/mol. The molecule has 1 fully saturated rings. The second-order valence-corrected chi connectivity index (χ2v) is 3.84. The summed E-state index contributed by atoms with van der Waals surface area (Å²) in [6.45, 7) is 5.80. The summed E-state index contributed by atoms with van der Waals surface area (Å²) >= 11 is 0. The Balaban J connectivity index is 2.69. The zero-order chi connectivity index (χ0) is 10.6. The summed E-state index contributed by atoms with van der Waals surface area (Å²) in [5.41, 5.74) is 0. The van der Waals surface area contributed by atoms with Crippen LogP contribution in [0.15, 0.2) is 12.7 Å². The third-order valence-electron chi connectivity index (χ3n) is 2.85. The van der Waals surface area contributed by atoms with E-state index in [4.69, 9.17) is 4.74 Å². The molecule has 1 aliphatic heterocycles. The number of piperidine rings is 1. The Kier molecular flexibility index (Phi) is 3.98. The Morgan fingerprint density at radius 3 is 2.93 bits per heavy atom. The highest BCUT2D eigenvalue weighted by Crippen LogP contribution is 2.25. The molecular formula is C11H19NO2. The van der Waals surface area contributed by atoms with Gasteiger partial charge in [-0.25, -0.2) is 4.79 Å². The van der Waals surface area contributed by atoms with Gasteiger partial charge in [-0.05, 0) is 32.6 Å². The van der Waals surface area contributed by atoms with Gasteiger partial charge in [-0.2, -0.15) is 0 Å². The van der Waals surface area contributed by atoms with Crippen LogP contribution in [-0.4, -0.2) is 30.2 Å². The Bertz CT molecular complexity index is 215. The number of amides is 1. The van der Waals surface area contributed by atoms with Crippen LogP contribution in [0.5, 0.6) is 0 Å². The van der Waals surface area contributed by atoms with Gasteiger partial charge in [0.15, 0.2) is 0 Å². The molecule has 1 saturated heterocycles. The molecule has 0 unspecified atom stereocenters. The molecule has 0 aromatic carbocycles. The van der Waals surface area contributed by atoms with Crippen LogP contribution in [0.3, 0.4) is 0 Å². The standard InChI is InChI=1S/C11H19NO2/c1-4-6-10-8-5-7-9(2)12(10)11(13)14-3/h4,9-10H,1,5-8H2,2-3H3/t9-,10+/m1/s1. The normalized spacial score (nSPS) is 27.1. The van der Waals surface area contributed by atoms with Gasteiger partial charge in [0.05, 0.1) is 7.11 Å². The first-order chi connectivity index (χ1) is 6.70. The third-order valence-corrected chi connectivity index (χ3v) is 2.85. The van der Waals surface area contributed by atoms with Gasteiger partial charge in [0.1, 0.15) is 0 Å².